The zero-order valence-electron chi connectivity index (χ0n) is 4.50. The summed E-state index contributed by atoms with van der Waals surface area (Å²) in [6.07, 6.45) is -0.245. The van der Waals surface area contributed by atoms with Gasteiger partial charge in [0.1, 0.15) is 11.1 Å². The van der Waals surface area contributed by atoms with Crippen LogP contribution in [0.2, 0.25) is 0 Å². The van der Waals surface area contributed by atoms with Crippen LogP contribution in [0.25, 0.3) is 0 Å². The monoisotopic (exact) mass is 134 g/mol. The molecule has 0 aromatic heterocycles. The molecule has 5 N–H and O–H groups in total. The van der Waals surface area contributed by atoms with Gasteiger partial charge in [-0.05, 0) is 13.0 Å². The maximum Gasteiger partial charge on any atom is 0.105 e. The molecule has 4 heteroatoms. The molecule has 0 rings (SSSR count). The number of aliphatic hydroxyl groups excluding tert-OH is 1. The molecule has 0 aliphatic rings. The lowest BCUT2D eigenvalue weighted by Crippen LogP contribution is -2.28. The summed E-state index contributed by atoms with van der Waals surface area (Å²) in [6.45, 7) is 0.415. The van der Waals surface area contributed by atoms with Crippen molar-refractivity contribution in [1.82, 2.24) is 0 Å². The van der Waals surface area contributed by atoms with Crippen LogP contribution in [0.15, 0.2) is 0 Å². The van der Waals surface area contributed by atoms with E-state index >= 15 is 0 Å². The van der Waals surface area contributed by atoms with Crippen molar-refractivity contribution in [1.29, 1.82) is 0 Å². The molecule has 0 spiro atoms. The number of thiocarbonyl (C=S) groups is 1. The molecular formula is C4H10N2OS. The van der Waals surface area contributed by atoms with Crippen LogP contribution < -0.4 is 11.5 Å². The van der Waals surface area contributed by atoms with Crippen molar-refractivity contribution < 1.29 is 5.11 Å². The van der Waals surface area contributed by atoms with Crippen LogP contribution in [0.1, 0.15) is 6.42 Å². The highest BCUT2D eigenvalue weighted by atomic mass is 32.1. The van der Waals surface area contributed by atoms with Crippen LogP contribution in [0.4, 0.5) is 0 Å². The van der Waals surface area contributed by atoms with E-state index in [1.54, 1.807) is 0 Å². The zero-order chi connectivity index (χ0) is 6.57. The SMILES string of the molecule is NCCC(O)C(N)=S. The maximum absolute atomic E-state index is 8.78. The first-order valence-electron chi connectivity index (χ1n) is 2.36. The van der Waals surface area contributed by atoms with Gasteiger partial charge in [0.2, 0.25) is 0 Å². The van der Waals surface area contributed by atoms with Crippen LogP contribution >= 0.6 is 12.2 Å². The molecule has 0 radical (unpaired) electrons. The second kappa shape index (κ2) is 3.77. The second-order valence-corrected chi connectivity index (χ2v) is 1.97. The summed E-state index contributed by atoms with van der Waals surface area (Å²) in [4.78, 5) is 0.121. The van der Waals surface area contributed by atoms with Gasteiger partial charge in [0.25, 0.3) is 0 Å². The summed E-state index contributed by atoms with van der Waals surface area (Å²) in [5.74, 6) is 0. The van der Waals surface area contributed by atoms with Crippen molar-refractivity contribution in [3.63, 3.8) is 0 Å². The fourth-order valence-electron chi connectivity index (χ4n) is 0.300. The van der Waals surface area contributed by atoms with Crippen LogP contribution in [-0.2, 0) is 0 Å². The summed E-state index contributed by atoms with van der Waals surface area (Å²) < 4.78 is 0. The van der Waals surface area contributed by atoms with Gasteiger partial charge in [-0.1, -0.05) is 12.2 Å². The number of hydrogen-bond donors (Lipinski definition) is 3. The van der Waals surface area contributed by atoms with E-state index in [9.17, 15) is 0 Å². The first kappa shape index (κ1) is 7.81. The first-order valence-corrected chi connectivity index (χ1v) is 2.76. The van der Waals surface area contributed by atoms with Crippen molar-refractivity contribution in [3.05, 3.63) is 0 Å². The molecule has 0 aromatic rings. The molecule has 0 fully saturated rings. The molecule has 1 atom stereocenters. The third-order valence-corrected chi connectivity index (χ3v) is 1.04. The molecule has 0 bridgehead atoms. The smallest absolute Gasteiger partial charge is 0.105 e. The number of nitrogens with two attached hydrogens (primary N) is 2. The van der Waals surface area contributed by atoms with Crippen LogP contribution in [-0.4, -0.2) is 22.7 Å². The minimum atomic E-state index is -0.699. The molecule has 0 heterocycles. The van der Waals surface area contributed by atoms with Gasteiger partial charge in [-0.15, -0.1) is 0 Å². The fraction of sp³-hybridized carbons (Fsp3) is 0.750. The van der Waals surface area contributed by atoms with E-state index in [-0.39, 0.29) is 4.99 Å². The molecular weight excluding hydrogens is 124 g/mol. The summed E-state index contributed by atoms with van der Waals surface area (Å²) >= 11 is 4.46. The van der Waals surface area contributed by atoms with Crippen molar-refractivity contribution in [2.75, 3.05) is 6.54 Å². The van der Waals surface area contributed by atoms with Crippen molar-refractivity contribution >= 4 is 17.2 Å². The molecule has 0 aliphatic heterocycles. The lowest BCUT2D eigenvalue weighted by atomic mass is 10.2. The van der Waals surface area contributed by atoms with Gasteiger partial charge in [0, 0.05) is 0 Å². The largest absolute Gasteiger partial charge is 0.391 e. The normalized spacial score (nSPS) is 13.2. The summed E-state index contributed by atoms with van der Waals surface area (Å²) in [5, 5.41) is 8.78. The van der Waals surface area contributed by atoms with Gasteiger partial charge in [0.05, 0.1) is 0 Å². The fourth-order valence-corrected chi connectivity index (χ4v) is 0.418. The van der Waals surface area contributed by atoms with E-state index in [0.29, 0.717) is 13.0 Å². The summed E-state index contributed by atoms with van der Waals surface area (Å²) in [6, 6.07) is 0. The Labute approximate surface area is 53.7 Å². The number of rotatable bonds is 3. The number of aliphatic hydroxyl groups is 1. The minimum absolute atomic E-state index is 0.121. The van der Waals surface area contributed by atoms with E-state index in [1.165, 1.54) is 0 Å². The molecule has 0 aromatic carbocycles. The van der Waals surface area contributed by atoms with Crippen LogP contribution in [0.5, 0.6) is 0 Å². The Bertz CT molecular complexity index is 86.1. The van der Waals surface area contributed by atoms with Gasteiger partial charge in [0.15, 0.2) is 0 Å². The van der Waals surface area contributed by atoms with E-state index < -0.39 is 6.10 Å². The third kappa shape index (κ3) is 2.90. The Morgan fingerprint density at radius 2 is 2.25 bits per heavy atom. The lowest BCUT2D eigenvalue weighted by Gasteiger charge is -2.03. The molecule has 8 heavy (non-hydrogen) atoms. The third-order valence-electron chi connectivity index (χ3n) is 0.769. The van der Waals surface area contributed by atoms with Crippen LogP contribution in [0, 0.1) is 0 Å². The Balaban J connectivity index is 3.32. The van der Waals surface area contributed by atoms with E-state index in [0.717, 1.165) is 0 Å². The van der Waals surface area contributed by atoms with Gasteiger partial charge in [-0.3, -0.25) is 0 Å². The Morgan fingerprint density at radius 3 is 2.38 bits per heavy atom. The lowest BCUT2D eigenvalue weighted by molar-refractivity contribution is 0.235. The molecule has 48 valence electrons. The molecule has 0 saturated heterocycles. The van der Waals surface area contributed by atoms with Gasteiger partial charge in [-0.25, -0.2) is 0 Å². The van der Waals surface area contributed by atoms with Crippen molar-refractivity contribution in [3.8, 4) is 0 Å². The highest BCUT2D eigenvalue weighted by Crippen LogP contribution is 1.87. The number of hydrogen-bond acceptors (Lipinski definition) is 3. The molecule has 1 unspecified atom stereocenters. The Morgan fingerprint density at radius 1 is 1.75 bits per heavy atom. The van der Waals surface area contributed by atoms with Crippen molar-refractivity contribution in [2.24, 2.45) is 11.5 Å². The van der Waals surface area contributed by atoms with Gasteiger partial charge >= 0.3 is 0 Å². The van der Waals surface area contributed by atoms with Gasteiger partial charge < -0.3 is 16.6 Å². The molecule has 0 saturated carbocycles. The van der Waals surface area contributed by atoms with E-state index in [1.807, 2.05) is 0 Å². The molecule has 0 amide bonds. The average Bonchev–Trinajstić information content (AvgIpc) is 1.67. The second-order valence-electron chi connectivity index (χ2n) is 1.50. The van der Waals surface area contributed by atoms with Gasteiger partial charge in [-0.2, -0.15) is 0 Å². The maximum atomic E-state index is 8.78. The highest BCUT2D eigenvalue weighted by Gasteiger charge is 2.03. The van der Waals surface area contributed by atoms with E-state index in [4.69, 9.17) is 16.6 Å². The van der Waals surface area contributed by atoms with Crippen molar-refractivity contribution in [2.45, 2.75) is 12.5 Å². The molecule has 0 aliphatic carbocycles. The van der Waals surface area contributed by atoms with E-state index in [2.05, 4.69) is 12.2 Å². The Hall–Kier alpha value is -0.190. The first-order chi connectivity index (χ1) is 3.68. The summed E-state index contributed by atoms with van der Waals surface area (Å²) in [5.41, 5.74) is 10.1. The minimum Gasteiger partial charge on any atom is -0.391 e. The average molecular weight is 134 g/mol. The summed E-state index contributed by atoms with van der Waals surface area (Å²) in [7, 11) is 0. The predicted octanol–water partition coefficient (Wildman–Crippen LogP) is -1.02. The quantitative estimate of drug-likeness (QED) is 0.432. The highest BCUT2D eigenvalue weighted by molar-refractivity contribution is 7.80. The standard InChI is InChI=1S/C4H10N2OS/c5-2-1-3(7)4(6)8/h3,7H,1-2,5H2,(H2,6,8). The topological polar surface area (TPSA) is 72.3 Å². The molecule has 3 nitrogen and oxygen atoms in total. The zero-order valence-corrected chi connectivity index (χ0v) is 5.32. The predicted molar refractivity (Wildman–Crippen MR) is 36.5 cm³/mol. The van der Waals surface area contributed by atoms with Crippen LogP contribution in [0.3, 0.4) is 0 Å². The Kier molecular flexibility index (Phi) is 3.68.